The van der Waals surface area contributed by atoms with Crippen LogP contribution in [0, 0.1) is 41.0 Å². The van der Waals surface area contributed by atoms with Crippen LogP contribution in [0.15, 0.2) is 109 Å². The third-order valence-electron chi connectivity index (χ3n) is 8.96. The summed E-state index contributed by atoms with van der Waals surface area (Å²) in [6.07, 6.45) is 0. The second kappa shape index (κ2) is 26.1. The molecule has 65 heavy (non-hydrogen) atoms. The number of hydrogen-bond donors (Lipinski definition) is 7. The second-order valence-electron chi connectivity index (χ2n) is 13.4. The summed E-state index contributed by atoms with van der Waals surface area (Å²) in [5, 5.41) is 21.7. The van der Waals surface area contributed by atoms with Gasteiger partial charge in [-0.3, -0.25) is 20.2 Å². The number of nitrogens with zero attached hydrogens (tertiary/aromatic N) is 2. The first-order valence-electron chi connectivity index (χ1n) is 19.1. The van der Waals surface area contributed by atoms with Gasteiger partial charge in [-0.15, -0.1) is 0 Å². The van der Waals surface area contributed by atoms with Crippen molar-refractivity contribution in [2.45, 2.75) is 28.2 Å². The number of nitrogens with two attached hydrogens (primary N) is 3. The minimum absolute atomic E-state index is 0. The molecule has 6 aromatic rings. The molecule has 0 saturated carbocycles. The summed E-state index contributed by atoms with van der Waals surface area (Å²) in [4.78, 5) is 20.7. The number of hydrazine groups is 2. The topological polar surface area (TPSA) is 268 Å². The van der Waals surface area contributed by atoms with E-state index in [-0.39, 0.29) is 30.3 Å². The summed E-state index contributed by atoms with van der Waals surface area (Å²) in [6.45, 7) is 5.90. The predicted octanol–water partition coefficient (Wildman–Crippen LogP) is 9.80. The number of rotatable bonds is 14. The average Bonchev–Trinajstić information content (AvgIpc) is 3.30. The third-order valence-corrected chi connectivity index (χ3v) is 8.96. The van der Waals surface area contributed by atoms with Gasteiger partial charge in [-0.2, -0.15) is 0 Å². The van der Waals surface area contributed by atoms with Crippen LogP contribution in [0.5, 0.6) is 34.5 Å². The molecule has 19 nitrogen and oxygen atoms in total. The van der Waals surface area contributed by atoms with E-state index in [2.05, 4.69) is 21.7 Å². The highest BCUT2D eigenvalue weighted by atomic mass is 16.6. The predicted molar refractivity (Wildman–Crippen MR) is 260 cm³/mol. The van der Waals surface area contributed by atoms with E-state index in [9.17, 15) is 20.2 Å². The normalized spacial score (nSPS) is 9.62. The van der Waals surface area contributed by atoms with Gasteiger partial charge in [0.1, 0.15) is 23.0 Å². The average molecular weight is 898 g/mol. The van der Waals surface area contributed by atoms with Crippen molar-refractivity contribution in [1.29, 1.82) is 0 Å². The molecule has 0 aromatic heterocycles. The van der Waals surface area contributed by atoms with Gasteiger partial charge in [0.2, 0.25) is 0 Å². The van der Waals surface area contributed by atoms with Gasteiger partial charge in [-0.25, -0.2) is 0 Å². The van der Waals surface area contributed by atoms with Crippen molar-refractivity contribution in [2.24, 2.45) is 0 Å². The molecule has 0 aliphatic carbocycles. The fraction of sp³-hybridized carbons (Fsp3) is 0.217. The Morgan fingerprint density at radius 1 is 0.400 bits per heavy atom. The number of nitro groups is 2. The molecule has 0 fully saturated rings. The first-order valence-corrected chi connectivity index (χ1v) is 19.1. The standard InChI is InChI=1S/2C15H17N3O4.C8H11NO.C7H10N2O.CH4/c2*1-10-4-5-11(8-14(10)21-2)16-17-12-6-7-13(18(19)20)15(9-12)22-3;1-6-3-4-7(9)5-8(6)10-2;1-10-7-4-5(8)2-3-6(7)9;/h2*4-9,16-17H,1-3H3;3-5H,9H2,1-2H3;2-4H,8-9H2,1H3;1H4. The van der Waals surface area contributed by atoms with Crippen molar-refractivity contribution < 1.29 is 38.3 Å². The van der Waals surface area contributed by atoms with Gasteiger partial charge in [0, 0.05) is 59.9 Å². The van der Waals surface area contributed by atoms with Gasteiger partial charge in [-0.1, -0.05) is 25.6 Å². The quantitative estimate of drug-likeness (QED) is 0.0304. The van der Waals surface area contributed by atoms with Gasteiger partial charge in [0.05, 0.1) is 80.9 Å². The van der Waals surface area contributed by atoms with Crippen LogP contribution in [-0.2, 0) is 0 Å². The van der Waals surface area contributed by atoms with E-state index in [0.717, 1.165) is 51.0 Å². The SMILES string of the molecule is C.COc1cc(N)ccc1C.COc1cc(N)ccc1N.COc1cc(NNc2ccc([N+](=O)[O-])c(OC)c2)ccc1C.COc1cc(NNc2ccc([N+](=O)[O-])c(OC)c2)ccc1C. The van der Waals surface area contributed by atoms with E-state index in [1.165, 1.54) is 26.4 Å². The summed E-state index contributed by atoms with van der Waals surface area (Å²) in [6, 6.07) is 31.2. The zero-order valence-electron chi connectivity index (χ0n) is 37.1. The van der Waals surface area contributed by atoms with Crippen LogP contribution in [0.3, 0.4) is 0 Å². The first kappa shape index (κ1) is 52.7. The third kappa shape index (κ3) is 16.1. The number of ether oxygens (including phenoxy) is 6. The van der Waals surface area contributed by atoms with Crippen molar-refractivity contribution >= 4 is 51.2 Å². The molecule has 0 atom stereocenters. The number of benzene rings is 6. The maximum atomic E-state index is 10.8. The van der Waals surface area contributed by atoms with Crippen molar-refractivity contribution in [3.8, 4) is 34.5 Å². The molecule has 0 amide bonds. The van der Waals surface area contributed by atoms with E-state index < -0.39 is 9.85 Å². The van der Waals surface area contributed by atoms with E-state index in [1.54, 1.807) is 70.9 Å². The zero-order valence-corrected chi connectivity index (χ0v) is 37.1. The molecule has 348 valence electrons. The van der Waals surface area contributed by atoms with E-state index in [4.69, 9.17) is 45.6 Å². The minimum Gasteiger partial charge on any atom is -0.496 e. The lowest BCUT2D eigenvalue weighted by Gasteiger charge is -2.12. The second-order valence-corrected chi connectivity index (χ2v) is 13.4. The van der Waals surface area contributed by atoms with Crippen LogP contribution >= 0.6 is 0 Å². The fourth-order valence-electron chi connectivity index (χ4n) is 5.46. The number of aryl methyl sites for hydroxylation is 3. The summed E-state index contributed by atoms with van der Waals surface area (Å²) in [5.74, 6) is 3.40. The number of nitro benzene ring substituents is 2. The summed E-state index contributed by atoms with van der Waals surface area (Å²) in [7, 11) is 9.21. The maximum Gasteiger partial charge on any atom is 0.311 e. The molecule has 0 radical (unpaired) electrons. The zero-order chi connectivity index (χ0) is 47.3. The highest BCUT2D eigenvalue weighted by Crippen LogP contribution is 2.32. The monoisotopic (exact) mass is 897 g/mol. The number of nitrogens with one attached hydrogen (secondary N) is 4. The van der Waals surface area contributed by atoms with Gasteiger partial charge in [0.15, 0.2) is 11.5 Å². The molecule has 0 unspecified atom stereocenters. The van der Waals surface area contributed by atoms with Crippen molar-refractivity contribution in [1.82, 2.24) is 0 Å². The van der Waals surface area contributed by atoms with Crippen molar-refractivity contribution in [2.75, 3.05) is 81.6 Å². The molecule has 19 heteroatoms. The largest absolute Gasteiger partial charge is 0.496 e. The highest BCUT2D eigenvalue weighted by molar-refractivity contribution is 5.63. The summed E-state index contributed by atoms with van der Waals surface area (Å²) < 4.78 is 30.5. The lowest BCUT2D eigenvalue weighted by atomic mass is 10.2. The molecule has 6 rings (SSSR count). The molecule has 0 bridgehead atoms. The molecular formula is C46H59N9O10. The van der Waals surface area contributed by atoms with E-state index in [1.807, 2.05) is 75.4 Å². The summed E-state index contributed by atoms with van der Waals surface area (Å²) >= 11 is 0. The van der Waals surface area contributed by atoms with E-state index >= 15 is 0 Å². The molecule has 0 heterocycles. The van der Waals surface area contributed by atoms with Crippen LogP contribution in [0.25, 0.3) is 0 Å². The van der Waals surface area contributed by atoms with Crippen molar-refractivity contribution in [3.05, 3.63) is 146 Å². The smallest absolute Gasteiger partial charge is 0.311 e. The first-order chi connectivity index (χ1) is 30.6. The van der Waals surface area contributed by atoms with Gasteiger partial charge < -0.3 is 67.3 Å². The number of anilines is 7. The lowest BCUT2D eigenvalue weighted by molar-refractivity contribution is -0.385. The van der Waals surface area contributed by atoms with E-state index in [0.29, 0.717) is 28.5 Å². The minimum atomic E-state index is -0.485. The Kier molecular flexibility index (Phi) is 21.1. The molecule has 0 aliphatic heterocycles. The van der Waals surface area contributed by atoms with Crippen LogP contribution in [0.4, 0.5) is 51.2 Å². The summed E-state index contributed by atoms with van der Waals surface area (Å²) in [5.41, 5.74) is 36.4. The maximum absolute atomic E-state index is 10.8. The Balaban J connectivity index is 0.000000315. The highest BCUT2D eigenvalue weighted by Gasteiger charge is 2.16. The van der Waals surface area contributed by atoms with Gasteiger partial charge >= 0.3 is 11.4 Å². The lowest BCUT2D eigenvalue weighted by Crippen LogP contribution is -2.09. The van der Waals surface area contributed by atoms with Crippen LogP contribution < -0.4 is 67.3 Å². The molecule has 6 aromatic carbocycles. The van der Waals surface area contributed by atoms with Crippen LogP contribution in [0.1, 0.15) is 24.1 Å². The molecule has 0 spiro atoms. The van der Waals surface area contributed by atoms with Crippen LogP contribution in [0.2, 0.25) is 0 Å². The van der Waals surface area contributed by atoms with Gasteiger partial charge in [-0.05, 0) is 79.9 Å². The Labute approximate surface area is 379 Å². The molecule has 0 aliphatic rings. The molecular weight excluding hydrogens is 839 g/mol. The van der Waals surface area contributed by atoms with Gasteiger partial charge in [0.25, 0.3) is 0 Å². The Bertz CT molecular complexity index is 2320. The molecule has 10 N–H and O–H groups in total. The number of hydrogen-bond acceptors (Lipinski definition) is 17. The fourth-order valence-corrected chi connectivity index (χ4v) is 5.46. The number of nitrogen functional groups attached to an aromatic ring is 3. The Hall–Kier alpha value is -8.48. The Morgan fingerprint density at radius 2 is 0.677 bits per heavy atom. The Morgan fingerprint density at radius 3 is 0.985 bits per heavy atom. The van der Waals surface area contributed by atoms with Crippen molar-refractivity contribution in [3.63, 3.8) is 0 Å². The molecule has 0 saturated heterocycles. The van der Waals surface area contributed by atoms with Crippen LogP contribution in [-0.4, -0.2) is 52.5 Å². The number of methoxy groups -OCH3 is 6.